The maximum atomic E-state index is 13.9. The summed E-state index contributed by atoms with van der Waals surface area (Å²) in [6.45, 7) is 1.39. The fourth-order valence-corrected chi connectivity index (χ4v) is 5.17. The van der Waals surface area contributed by atoms with Crippen molar-refractivity contribution < 1.29 is 26.8 Å². The number of carbonyl (C=O) groups is 2. The summed E-state index contributed by atoms with van der Waals surface area (Å²) in [5.41, 5.74) is 0.262. The third-order valence-corrected chi connectivity index (χ3v) is 7.10. The van der Waals surface area contributed by atoms with Crippen molar-refractivity contribution in [2.24, 2.45) is 5.92 Å². The van der Waals surface area contributed by atoms with Gasteiger partial charge in [-0.3, -0.25) is 9.59 Å². The molecule has 0 unspecified atom stereocenters. The molecule has 11 heteroatoms. The highest BCUT2D eigenvalue weighted by molar-refractivity contribution is 7.89. The van der Waals surface area contributed by atoms with E-state index in [1.54, 1.807) is 5.38 Å². The number of carbonyl (C=O) groups excluding carboxylic acids is 2. The van der Waals surface area contributed by atoms with Crippen LogP contribution in [-0.4, -0.2) is 42.5 Å². The van der Waals surface area contributed by atoms with Crippen LogP contribution in [0.1, 0.15) is 30.3 Å². The number of halogens is 2. The summed E-state index contributed by atoms with van der Waals surface area (Å²) in [4.78, 5) is 26.9. The SMILES string of the molecule is CC(=O)c1csc(NC(=O)C2CCN(S(=O)(=O)c3cc(F)ccc3F)CC2)n1. The Hall–Kier alpha value is -2.24. The van der Waals surface area contributed by atoms with Crippen molar-refractivity contribution in [2.75, 3.05) is 18.4 Å². The van der Waals surface area contributed by atoms with E-state index in [1.165, 1.54) is 6.92 Å². The molecule has 1 amide bonds. The van der Waals surface area contributed by atoms with Crippen LogP contribution in [0.2, 0.25) is 0 Å². The zero-order valence-corrected chi connectivity index (χ0v) is 16.4. The summed E-state index contributed by atoms with van der Waals surface area (Å²) in [5, 5.41) is 4.47. The van der Waals surface area contributed by atoms with Gasteiger partial charge < -0.3 is 5.32 Å². The van der Waals surface area contributed by atoms with Crippen LogP contribution in [-0.2, 0) is 14.8 Å². The molecule has 0 bridgehead atoms. The number of amides is 1. The Labute approximate surface area is 164 Å². The maximum Gasteiger partial charge on any atom is 0.246 e. The average Bonchev–Trinajstić information content (AvgIpc) is 3.12. The van der Waals surface area contributed by atoms with E-state index in [2.05, 4.69) is 10.3 Å². The van der Waals surface area contributed by atoms with Crippen molar-refractivity contribution in [1.29, 1.82) is 0 Å². The van der Waals surface area contributed by atoms with Crippen LogP contribution in [0.25, 0.3) is 0 Å². The molecule has 28 heavy (non-hydrogen) atoms. The Bertz CT molecular complexity index is 1020. The zero-order valence-electron chi connectivity index (χ0n) is 14.8. The van der Waals surface area contributed by atoms with E-state index in [9.17, 15) is 26.8 Å². The number of hydrogen-bond acceptors (Lipinski definition) is 6. The number of anilines is 1. The molecular formula is C17H17F2N3O4S2. The molecule has 2 heterocycles. The summed E-state index contributed by atoms with van der Waals surface area (Å²) in [7, 11) is -4.19. The molecule has 0 radical (unpaired) electrons. The van der Waals surface area contributed by atoms with Crippen LogP contribution >= 0.6 is 11.3 Å². The molecule has 0 spiro atoms. The fraction of sp³-hybridized carbons (Fsp3) is 0.353. The Morgan fingerprint density at radius 3 is 2.54 bits per heavy atom. The molecule has 1 saturated heterocycles. The summed E-state index contributed by atoms with van der Waals surface area (Å²) in [5.74, 6) is -2.85. The lowest BCUT2D eigenvalue weighted by atomic mass is 9.97. The summed E-state index contributed by atoms with van der Waals surface area (Å²) in [6, 6.07) is 2.27. The molecular weight excluding hydrogens is 412 g/mol. The van der Waals surface area contributed by atoms with Gasteiger partial charge in [-0.25, -0.2) is 22.2 Å². The Balaban J connectivity index is 1.64. The van der Waals surface area contributed by atoms with Crippen molar-refractivity contribution >= 4 is 38.2 Å². The highest BCUT2D eigenvalue weighted by Gasteiger charge is 2.34. The van der Waals surface area contributed by atoms with Crippen molar-refractivity contribution in [3.05, 3.63) is 40.9 Å². The molecule has 1 aliphatic rings. The largest absolute Gasteiger partial charge is 0.302 e. The number of rotatable bonds is 5. The van der Waals surface area contributed by atoms with Gasteiger partial charge in [-0.05, 0) is 31.0 Å². The Morgan fingerprint density at radius 1 is 1.25 bits per heavy atom. The molecule has 1 aliphatic heterocycles. The fourth-order valence-electron chi connectivity index (χ4n) is 2.87. The number of sulfonamides is 1. The number of benzene rings is 1. The number of ketones is 1. The summed E-state index contributed by atoms with van der Waals surface area (Å²) >= 11 is 1.13. The van der Waals surface area contributed by atoms with E-state index in [0.717, 1.165) is 27.8 Å². The second-order valence-electron chi connectivity index (χ2n) is 6.34. The molecule has 1 N–H and O–H groups in total. The molecule has 0 aliphatic carbocycles. The topological polar surface area (TPSA) is 96.4 Å². The molecule has 150 valence electrons. The van der Waals surface area contributed by atoms with Gasteiger partial charge in [-0.15, -0.1) is 11.3 Å². The average molecular weight is 429 g/mol. The summed E-state index contributed by atoms with van der Waals surface area (Å²) < 4.78 is 53.4. The van der Waals surface area contributed by atoms with Gasteiger partial charge in [-0.2, -0.15) is 4.31 Å². The van der Waals surface area contributed by atoms with Crippen molar-refractivity contribution in [3.8, 4) is 0 Å². The number of Topliss-reactive ketones (excluding diaryl/α,β-unsaturated/α-hetero) is 1. The van der Waals surface area contributed by atoms with Gasteiger partial charge in [0, 0.05) is 31.3 Å². The van der Waals surface area contributed by atoms with Crippen LogP contribution in [0.5, 0.6) is 0 Å². The van der Waals surface area contributed by atoms with Crippen LogP contribution in [0, 0.1) is 17.6 Å². The number of nitrogens with one attached hydrogen (secondary N) is 1. The van der Waals surface area contributed by atoms with Crippen molar-refractivity contribution in [1.82, 2.24) is 9.29 Å². The van der Waals surface area contributed by atoms with E-state index in [4.69, 9.17) is 0 Å². The van der Waals surface area contributed by atoms with Gasteiger partial charge >= 0.3 is 0 Å². The molecule has 7 nitrogen and oxygen atoms in total. The first kappa shape index (κ1) is 20.5. The van der Waals surface area contributed by atoms with E-state index in [1.807, 2.05) is 0 Å². The highest BCUT2D eigenvalue weighted by Crippen LogP contribution is 2.27. The van der Waals surface area contributed by atoms with Crippen LogP contribution in [0.3, 0.4) is 0 Å². The van der Waals surface area contributed by atoms with Crippen LogP contribution in [0.15, 0.2) is 28.5 Å². The molecule has 1 aromatic carbocycles. The normalized spacial score (nSPS) is 16.1. The third-order valence-electron chi connectivity index (χ3n) is 4.43. The first-order chi connectivity index (χ1) is 13.2. The predicted molar refractivity (Wildman–Crippen MR) is 98.6 cm³/mol. The summed E-state index contributed by atoms with van der Waals surface area (Å²) in [6.07, 6.45) is 0.458. The first-order valence-electron chi connectivity index (χ1n) is 8.41. The lowest BCUT2D eigenvalue weighted by molar-refractivity contribution is -0.120. The first-order valence-corrected chi connectivity index (χ1v) is 10.7. The molecule has 2 aromatic rings. The van der Waals surface area contributed by atoms with E-state index < -0.39 is 32.5 Å². The molecule has 1 fully saturated rings. The predicted octanol–water partition coefficient (Wildman–Crippen LogP) is 2.66. The van der Waals surface area contributed by atoms with Crippen LogP contribution in [0.4, 0.5) is 13.9 Å². The van der Waals surface area contributed by atoms with Gasteiger partial charge in [0.1, 0.15) is 22.2 Å². The van der Waals surface area contributed by atoms with Gasteiger partial charge in [0.25, 0.3) is 0 Å². The molecule has 1 aromatic heterocycles. The second kappa shape index (κ2) is 8.02. The van der Waals surface area contributed by atoms with Gasteiger partial charge in [-0.1, -0.05) is 0 Å². The Kier molecular flexibility index (Phi) is 5.87. The number of nitrogens with zero attached hydrogens (tertiary/aromatic N) is 2. The van der Waals surface area contributed by atoms with Crippen molar-refractivity contribution in [2.45, 2.75) is 24.7 Å². The minimum atomic E-state index is -4.19. The van der Waals surface area contributed by atoms with E-state index in [0.29, 0.717) is 11.2 Å². The molecule has 0 atom stereocenters. The standard InChI is InChI=1S/C17H17F2N3O4S2/c1-10(23)14-9-27-17(20-14)21-16(24)11-4-6-22(7-5-11)28(25,26)15-8-12(18)2-3-13(15)19/h2-3,8-9,11H,4-7H2,1H3,(H,20,21,24). The number of piperidine rings is 1. The smallest absolute Gasteiger partial charge is 0.246 e. The highest BCUT2D eigenvalue weighted by atomic mass is 32.2. The number of hydrogen-bond donors (Lipinski definition) is 1. The van der Waals surface area contributed by atoms with E-state index in [-0.39, 0.29) is 43.3 Å². The third kappa shape index (κ3) is 4.26. The molecule has 3 rings (SSSR count). The zero-order chi connectivity index (χ0) is 20.5. The van der Waals surface area contributed by atoms with Gasteiger partial charge in [0.05, 0.1) is 0 Å². The van der Waals surface area contributed by atoms with Gasteiger partial charge in [0.15, 0.2) is 10.9 Å². The Morgan fingerprint density at radius 2 is 1.93 bits per heavy atom. The van der Waals surface area contributed by atoms with Gasteiger partial charge in [0.2, 0.25) is 15.9 Å². The molecule has 0 saturated carbocycles. The van der Waals surface area contributed by atoms with Crippen molar-refractivity contribution in [3.63, 3.8) is 0 Å². The minimum Gasteiger partial charge on any atom is -0.302 e. The van der Waals surface area contributed by atoms with Crippen LogP contribution < -0.4 is 5.32 Å². The minimum absolute atomic E-state index is 0.00688. The lowest BCUT2D eigenvalue weighted by Gasteiger charge is -2.30. The number of thiazole rings is 1. The quantitative estimate of drug-likeness (QED) is 0.737. The van der Waals surface area contributed by atoms with E-state index >= 15 is 0 Å². The maximum absolute atomic E-state index is 13.9. The lowest BCUT2D eigenvalue weighted by Crippen LogP contribution is -2.41. The second-order valence-corrected chi connectivity index (χ2v) is 9.10. The number of aromatic nitrogens is 1. The monoisotopic (exact) mass is 429 g/mol.